The van der Waals surface area contributed by atoms with E-state index in [-0.39, 0.29) is 5.41 Å². The average Bonchev–Trinajstić information content (AvgIpc) is 3.55. The Hall–Kier alpha value is -5.15. The summed E-state index contributed by atoms with van der Waals surface area (Å²) in [5.74, 6) is 0. The first-order valence-electron chi connectivity index (χ1n) is 14.1. The maximum Gasteiger partial charge on any atom is 0.307 e. The van der Waals surface area contributed by atoms with E-state index in [0.29, 0.717) is 6.01 Å². The Morgan fingerprint density at radius 3 is 2.20 bits per heavy atom. The van der Waals surface area contributed by atoms with Crippen LogP contribution in [-0.4, -0.2) is 4.98 Å². The minimum Gasteiger partial charge on any atom is -0.422 e. The lowest BCUT2D eigenvalue weighted by molar-refractivity contribution is 0.611. The van der Waals surface area contributed by atoms with Crippen LogP contribution in [0.5, 0.6) is 0 Å². The number of anilines is 3. The molecular weight excluding hydrogens is 500 g/mol. The van der Waals surface area contributed by atoms with E-state index in [4.69, 9.17) is 9.40 Å². The van der Waals surface area contributed by atoms with Crippen LogP contribution >= 0.6 is 0 Å². The van der Waals surface area contributed by atoms with E-state index >= 15 is 0 Å². The smallest absolute Gasteiger partial charge is 0.307 e. The first kappa shape index (κ1) is 23.7. The van der Waals surface area contributed by atoms with Gasteiger partial charge in [0, 0.05) is 16.4 Å². The molecule has 0 saturated carbocycles. The Kier molecular flexibility index (Phi) is 5.17. The summed E-state index contributed by atoms with van der Waals surface area (Å²) in [6, 6.07) is 47.6. The molecule has 8 rings (SSSR count). The van der Waals surface area contributed by atoms with Gasteiger partial charge in [0.05, 0.1) is 11.4 Å². The van der Waals surface area contributed by atoms with Crippen LogP contribution in [0, 0.1) is 0 Å². The maximum absolute atomic E-state index is 6.69. The lowest BCUT2D eigenvalue weighted by Gasteiger charge is -2.26. The molecule has 196 valence electrons. The van der Waals surface area contributed by atoms with E-state index in [1.165, 1.54) is 22.3 Å². The highest BCUT2D eigenvalue weighted by atomic mass is 16.4. The Balaban J connectivity index is 1.40. The van der Waals surface area contributed by atoms with Crippen LogP contribution in [0.15, 0.2) is 138 Å². The molecule has 0 atom stereocenters. The molecule has 0 N–H and O–H groups in total. The second-order valence-corrected chi connectivity index (χ2v) is 11.3. The Morgan fingerprint density at radius 2 is 1.32 bits per heavy atom. The first-order chi connectivity index (χ1) is 20.1. The molecule has 0 unspecified atom stereocenters. The third kappa shape index (κ3) is 3.63. The van der Waals surface area contributed by atoms with Gasteiger partial charge in [-0.2, -0.15) is 4.98 Å². The van der Waals surface area contributed by atoms with E-state index < -0.39 is 0 Å². The predicted molar refractivity (Wildman–Crippen MR) is 169 cm³/mol. The summed E-state index contributed by atoms with van der Waals surface area (Å²) in [6.45, 7) is 4.62. The summed E-state index contributed by atoms with van der Waals surface area (Å²) in [6.07, 6.45) is 0. The van der Waals surface area contributed by atoms with Gasteiger partial charge in [0.25, 0.3) is 0 Å². The summed E-state index contributed by atoms with van der Waals surface area (Å²) in [7, 11) is 0. The van der Waals surface area contributed by atoms with E-state index in [2.05, 4.69) is 140 Å². The number of hydrogen-bond acceptors (Lipinski definition) is 3. The molecule has 0 radical (unpaired) electrons. The predicted octanol–water partition coefficient (Wildman–Crippen LogP) is 10.4. The summed E-state index contributed by atoms with van der Waals surface area (Å²) < 4.78 is 6.69. The Morgan fingerprint density at radius 1 is 0.610 bits per heavy atom. The third-order valence-corrected chi connectivity index (χ3v) is 8.51. The fourth-order valence-electron chi connectivity index (χ4n) is 6.47. The Bertz CT molecular complexity index is 2090. The number of rotatable bonds is 4. The molecule has 0 saturated heterocycles. The number of oxazole rings is 1. The van der Waals surface area contributed by atoms with E-state index in [1.807, 2.05) is 12.1 Å². The van der Waals surface area contributed by atoms with Crippen LogP contribution in [0.3, 0.4) is 0 Å². The molecule has 6 aromatic carbocycles. The standard InChI is InChI=1S/C38H28N2O/c1-38(2)32-18-10-8-17-30(32)31-24-27(21-22-33(31)38)40(35-19-11-9-15-28(35)25-12-4-3-5-13-25)37-39-34-23-20-26-14-6-7-16-29(26)36(34)41-37/h3-24H,1-2H3. The van der Waals surface area contributed by atoms with E-state index in [9.17, 15) is 0 Å². The van der Waals surface area contributed by atoms with Gasteiger partial charge in [-0.05, 0) is 57.5 Å². The molecule has 3 nitrogen and oxygen atoms in total. The maximum atomic E-state index is 6.69. The highest BCUT2D eigenvalue weighted by Gasteiger charge is 2.36. The van der Waals surface area contributed by atoms with Crippen molar-refractivity contribution in [2.45, 2.75) is 19.3 Å². The highest BCUT2D eigenvalue weighted by Crippen LogP contribution is 2.51. The molecule has 1 heterocycles. The minimum absolute atomic E-state index is 0.0617. The SMILES string of the molecule is CC1(C)c2ccccc2-c2cc(N(c3nc4ccc5ccccc5c4o3)c3ccccc3-c3ccccc3)ccc21. The summed E-state index contributed by atoms with van der Waals surface area (Å²) in [5.41, 5.74) is 11.1. The summed E-state index contributed by atoms with van der Waals surface area (Å²) in [5, 5.41) is 2.19. The van der Waals surface area contributed by atoms with Crippen molar-refractivity contribution in [3.05, 3.63) is 145 Å². The fraction of sp³-hybridized carbons (Fsp3) is 0.0789. The second-order valence-electron chi connectivity index (χ2n) is 11.3. The monoisotopic (exact) mass is 528 g/mol. The minimum atomic E-state index is -0.0617. The number of para-hydroxylation sites is 1. The lowest BCUT2D eigenvalue weighted by Crippen LogP contribution is -2.15. The summed E-state index contributed by atoms with van der Waals surface area (Å²) >= 11 is 0. The second kappa shape index (κ2) is 8.94. The molecule has 1 aromatic heterocycles. The number of benzene rings is 6. The van der Waals surface area contributed by atoms with E-state index in [1.54, 1.807) is 0 Å². The van der Waals surface area contributed by atoms with Crippen molar-refractivity contribution in [2.75, 3.05) is 4.90 Å². The van der Waals surface area contributed by atoms with Gasteiger partial charge in [0.15, 0.2) is 5.58 Å². The van der Waals surface area contributed by atoms with Crippen molar-refractivity contribution >= 4 is 39.3 Å². The molecule has 0 fully saturated rings. The van der Waals surface area contributed by atoms with Crippen molar-refractivity contribution in [2.24, 2.45) is 0 Å². The van der Waals surface area contributed by atoms with Crippen molar-refractivity contribution in [3.63, 3.8) is 0 Å². The summed E-state index contributed by atoms with van der Waals surface area (Å²) in [4.78, 5) is 7.25. The third-order valence-electron chi connectivity index (χ3n) is 8.51. The highest BCUT2D eigenvalue weighted by molar-refractivity contribution is 6.04. The molecule has 1 aliphatic rings. The van der Waals surface area contributed by atoms with Crippen LogP contribution in [0.1, 0.15) is 25.0 Å². The molecule has 7 aromatic rings. The van der Waals surface area contributed by atoms with Crippen molar-refractivity contribution in [1.29, 1.82) is 0 Å². The zero-order valence-electron chi connectivity index (χ0n) is 23.0. The number of nitrogens with zero attached hydrogens (tertiary/aromatic N) is 2. The van der Waals surface area contributed by atoms with Gasteiger partial charge >= 0.3 is 6.01 Å². The van der Waals surface area contributed by atoms with Crippen LogP contribution in [0.2, 0.25) is 0 Å². The molecule has 1 aliphatic carbocycles. The van der Waals surface area contributed by atoms with Gasteiger partial charge in [0.2, 0.25) is 0 Å². The van der Waals surface area contributed by atoms with Gasteiger partial charge in [-0.15, -0.1) is 0 Å². The molecule has 3 heteroatoms. The molecular formula is C38H28N2O. The molecule has 0 amide bonds. The zero-order valence-corrected chi connectivity index (χ0v) is 23.0. The average molecular weight is 529 g/mol. The fourth-order valence-corrected chi connectivity index (χ4v) is 6.47. The number of aromatic nitrogens is 1. The topological polar surface area (TPSA) is 29.3 Å². The van der Waals surface area contributed by atoms with Crippen molar-refractivity contribution in [1.82, 2.24) is 4.98 Å². The van der Waals surface area contributed by atoms with Gasteiger partial charge in [-0.25, -0.2) is 0 Å². The number of hydrogen-bond donors (Lipinski definition) is 0. The van der Waals surface area contributed by atoms with E-state index in [0.717, 1.165) is 44.4 Å². The van der Waals surface area contributed by atoms with Gasteiger partial charge in [-0.3, -0.25) is 4.90 Å². The molecule has 0 bridgehead atoms. The molecule has 0 spiro atoms. The van der Waals surface area contributed by atoms with Crippen molar-refractivity contribution in [3.8, 4) is 22.3 Å². The van der Waals surface area contributed by atoms with Gasteiger partial charge in [0.1, 0.15) is 5.52 Å². The van der Waals surface area contributed by atoms with Crippen LogP contribution in [0.4, 0.5) is 17.4 Å². The Labute approximate surface area is 239 Å². The largest absolute Gasteiger partial charge is 0.422 e. The van der Waals surface area contributed by atoms with Gasteiger partial charge < -0.3 is 4.42 Å². The number of fused-ring (bicyclic) bond motifs is 6. The van der Waals surface area contributed by atoms with Crippen LogP contribution in [0.25, 0.3) is 44.1 Å². The lowest BCUT2D eigenvalue weighted by atomic mass is 9.82. The van der Waals surface area contributed by atoms with Crippen molar-refractivity contribution < 1.29 is 4.42 Å². The van der Waals surface area contributed by atoms with Crippen LogP contribution < -0.4 is 4.90 Å². The molecule has 0 aliphatic heterocycles. The quantitative estimate of drug-likeness (QED) is 0.228. The zero-order chi connectivity index (χ0) is 27.6. The van der Waals surface area contributed by atoms with Gasteiger partial charge in [-0.1, -0.05) is 123 Å². The van der Waals surface area contributed by atoms with Crippen LogP contribution in [-0.2, 0) is 5.41 Å². The normalized spacial score (nSPS) is 13.3. The molecule has 41 heavy (non-hydrogen) atoms. The first-order valence-corrected chi connectivity index (χ1v) is 14.1.